The number of carbonyl (C=O) groups is 1. The Hall–Kier alpha value is -2.93. The molecule has 6 nitrogen and oxygen atoms in total. The molecule has 0 saturated heterocycles. The van der Waals surface area contributed by atoms with Gasteiger partial charge in [-0.3, -0.25) is 9.71 Å². The highest BCUT2D eigenvalue weighted by atomic mass is 32.2. The van der Waals surface area contributed by atoms with Crippen molar-refractivity contribution in [1.82, 2.24) is 4.98 Å². The second kappa shape index (κ2) is 6.18. The van der Waals surface area contributed by atoms with Gasteiger partial charge in [0.2, 0.25) is 0 Å². The van der Waals surface area contributed by atoms with Gasteiger partial charge in [-0.05, 0) is 43.7 Å². The molecule has 0 aliphatic carbocycles. The Labute approximate surface area is 145 Å². The normalized spacial score (nSPS) is 11.4. The lowest BCUT2D eigenvalue weighted by Crippen LogP contribution is -2.15. The van der Waals surface area contributed by atoms with E-state index in [1.807, 2.05) is 6.07 Å². The van der Waals surface area contributed by atoms with Gasteiger partial charge < -0.3 is 5.11 Å². The maximum Gasteiger partial charge on any atom is 0.335 e. The third-order valence-corrected chi connectivity index (χ3v) is 5.32. The van der Waals surface area contributed by atoms with E-state index in [9.17, 15) is 13.2 Å². The molecule has 2 aromatic carbocycles. The molecule has 0 atom stereocenters. The van der Waals surface area contributed by atoms with Gasteiger partial charge in [-0.25, -0.2) is 13.2 Å². The lowest BCUT2D eigenvalue weighted by atomic mass is 10.1. The van der Waals surface area contributed by atoms with E-state index in [1.165, 1.54) is 12.1 Å². The highest BCUT2D eigenvalue weighted by Gasteiger charge is 2.20. The maximum atomic E-state index is 12.8. The second-order valence-electron chi connectivity index (χ2n) is 5.72. The summed E-state index contributed by atoms with van der Waals surface area (Å²) < 4.78 is 28.2. The second-order valence-corrected chi connectivity index (χ2v) is 7.37. The third-order valence-electron chi connectivity index (χ3n) is 3.81. The number of para-hydroxylation sites is 1. The van der Waals surface area contributed by atoms with Crippen molar-refractivity contribution in [2.75, 3.05) is 4.72 Å². The number of nitrogens with one attached hydrogen (secondary N) is 1. The number of nitrogens with zero attached hydrogens (tertiary/aromatic N) is 1. The van der Waals surface area contributed by atoms with Crippen LogP contribution in [0.15, 0.2) is 53.4 Å². The van der Waals surface area contributed by atoms with Gasteiger partial charge in [0.15, 0.2) is 0 Å². The number of hydrogen-bond donors (Lipinski definition) is 2. The molecule has 0 bridgehead atoms. The van der Waals surface area contributed by atoms with Gasteiger partial charge in [-0.2, -0.15) is 0 Å². The quantitative estimate of drug-likeness (QED) is 0.747. The van der Waals surface area contributed by atoms with Crippen LogP contribution < -0.4 is 4.72 Å². The van der Waals surface area contributed by atoms with Crippen LogP contribution in [-0.2, 0) is 10.0 Å². The number of aryl methyl sites for hydroxylation is 2. The van der Waals surface area contributed by atoms with Crippen LogP contribution in [0.5, 0.6) is 0 Å². The van der Waals surface area contributed by atoms with Gasteiger partial charge >= 0.3 is 5.97 Å². The van der Waals surface area contributed by atoms with Gasteiger partial charge in [0.05, 0.1) is 21.7 Å². The molecule has 0 radical (unpaired) electrons. The Balaban J connectivity index is 2.12. The van der Waals surface area contributed by atoms with Gasteiger partial charge in [0.1, 0.15) is 0 Å². The third kappa shape index (κ3) is 3.32. The van der Waals surface area contributed by atoms with Crippen molar-refractivity contribution < 1.29 is 18.3 Å². The number of aromatic nitrogens is 1. The van der Waals surface area contributed by atoms with E-state index < -0.39 is 16.0 Å². The Morgan fingerprint density at radius 2 is 1.80 bits per heavy atom. The average Bonchev–Trinajstić information content (AvgIpc) is 2.54. The molecule has 2 N–H and O–H groups in total. The van der Waals surface area contributed by atoms with E-state index >= 15 is 0 Å². The summed E-state index contributed by atoms with van der Waals surface area (Å²) in [6, 6.07) is 12.9. The topological polar surface area (TPSA) is 96.4 Å². The van der Waals surface area contributed by atoms with E-state index in [0.717, 1.165) is 6.07 Å². The number of anilines is 1. The zero-order valence-corrected chi connectivity index (χ0v) is 14.5. The number of rotatable bonds is 4. The van der Waals surface area contributed by atoms with Crippen molar-refractivity contribution in [2.45, 2.75) is 18.7 Å². The number of hydrogen-bond acceptors (Lipinski definition) is 4. The lowest BCUT2D eigenvalue weighted by Gasteiger charge is -2.13. The predicted octanol–water partition coefficient (Wildman–Crippen LogP) is 3.35. The number of pyridine rings is 1. The molecule has 0 aliphatic heterocycles. The van der Waals surface area contributed by atoms with Crippen molar-refractivity contribution in [3.05, 3.63) is 65.4 Å². The molecule has 0 spiro atoms. The molecule has 128 valence electrons. The SMILES string of the molecule is Cc1cc(NS(=O)(=O)c2cc(C(=O)O)ccc2C)c2ccccc2n1. The van der Waals surface area contributed by atoms with Crippen molar-refractivity contribution in [2.24, 2.45) is 0 Å². The minimum absolute atomic E-state index is 0.0639. The summed E-state index contributed by atoms with van der Waals surface area (Å²) in [6.07, 6.45) is 0. The molecule has 0 aliphatic rings. The fraction of sp³-hybridized carbons (Fsp3) is 0.111. The van der Waals surface area contributed by atoms with Crippen LogP contribution in [0.2, 0.25) is 0 Å². The number of benzene rings is 2. The molecule has 0 fully saturated rings. The summed E-state index contributed by atoms with van der Waals surface area (Å²) in [6.45, 7) is 3.40. The Kier molecular flexibility index (Phi) is 4.18. The van der Waals surface area contributed by atoms with Gasteiger partial charge in [0, 0.05) is 11.1 Å². The monoisotopic (exact) mass is 356 g/mol. The van der Waals surface area contributed by atoms with Crippen LogP contribution in [0, 0.1) is 13.8 Å². The van der Waals surface area contributed by atoms with Crippen molar-refractivity contribution in [1.29, 1.82) is 0 Å². The zero-order valence-electron chi connectivity index (χ0n) is 13.6. The number of carboxylic acid groups (broad SMARTS) is 1. The standard InChI is InChI=1S/C18H16N2O4S/c1-11-7-8-13(18(21)22)10-17(11)25(23,24)20-16-9-12(2)19-15-6-4-3-5-14(15)16/h3-10H,1-2H3,(H,19,20)(H,21,22). The summed E-state index contributed by atoms with van der Waals surface area (Å²) in [5, 5.41) is 9.78. The number of aromatic carboxylic acids is 1. The van der Waals surface area contributed by atoms with Crippen LogP contribution in [-0.4, -0.2) is 24.5 Å². The van der Waals surface area contributed by atoms with Gasteiger partial charge in [-0.1, -0.05) is 24.3 Å². The molecule has 1 heterocycles. The van der Waals surface area contributed by atoms with Crippen molar-refractivity contribution in [3.63, 3.8) is 0 Å². The molecular formula is C18H16N2O4S. The van der Waals surface area contributed by atoms with Crippen molar-refractivity contribution >= 4 is 32.6 Å². The molecule has 1 aromatic heterocycles. The smallest absolute Gasteiger partial charge is 0.335 e. The fourth-order valence-electron chi connectivity index (χ4n) is 2.61. The highest BCUT2D eigenvalue weighted by Crippen LogP contribution is 2.27. The first-order chi connectivity index (χ1) is 11.8. The summed E-state index contributed by atoms with van der Waals surface area (Å²) in [4.78, 5) is 15.5. The summed E-state index contributed by atoms with van der Waals surface area (Å²) in [5.41, 5.74) is 2.14. The minimum Gasteiger partial charge on any atom is -0.478 e. The molecule has 0 saturated carbocycles. The zero-order chi connectivity index (χ0) is 18.2. The predicted molar refractivity (Wildman–Crippen MR) is 95.4 cm³/mol. The largest absolute Gasteiger partial charge is 0.478 e. The van der Waals surface area contributed by atoms with E-state index in [-0.39, 0.29) is 10.5 Å². The highest BCUT2D eigenvalue weighted by molar-refractivity contribution is 7.92. The summed E-state index contributed by atoms with van der Waals surface area (Å²) in [7, 11) is -3.95. The minimum atomic E-state index is -3.95. The van der Waals surface area contributed by atoms with E-state index in [2.05, 4.69) is 9.71 Å². The van der Waals surface area contributed by atoms with Crippen LogP contribution in [0.25, 0.3) is 10.9 Å². The first-order valence-corrected chi connectivity index (χ1v) is 8.99. The first-order valence-electron chi connectivity index (χ1n) is 7.51. The van der Waals surface area contributed by atoms with E-state index in [1.54, 1.807) is 38.1 Å². The van der Waals surface area contributed by atoms with Crippen molar-refractivity contribution in [3.8, 4) is 0 Å². The molecular weight excluding hydrogens is 340 g/mol. The average molecular weight is 356 g/mol. The molecule has 3 rings (SSSR count). The van der Waals surface area contributed by atoms with Gasteiger partial charge in [0.25, 0.3) is 10.0 Å². The summed E-state index contributed by atoms with van der Waals surface area (Å²) in [5.74, 6) is -1.18. The summed E-state index contributed by atoms with van der Waals surface area (Å²) >= 11 is 0. The number of sulfonamides is 1. The first kappa shape index (κ1) is 16.9. The Morgan fingerprint density at radius 3 is 2.52 bits per heavy atom. The molecule has 0 unspecified atom stereocenters. The fourth-order valence-corrected chi connectivity index (χ4v) is 3.96. The molecule has 3 aromatic rings. The lowest BCUT2D eigenvalue weighted by molar-refractivity contribution is 0.0696. The molecule has 7 heteroatoms. The Morgan fingerprint density at radius 1 is 1.08 bits per heavy atom. The molecule has 25 heavy (non-hydrogen) atoms. The number of fused-ring (bicyclic) bond motifs is 1. The van der Waals surface area contributed by atoms with Crippen LogP contribution in [0.1, 0.15) is 21.6 Å². The Bertz CT molecular complexity index is 1090. The van der Waals surface area contributed by atoms with Gasteiger partial charge in [-0.15, -0.1) is 0 Å². The van der Waals surface area contributed by atoms with Crippen LogP contribution in [0.3, 0.4) is 0 Å². The van der Waals surface area contributed by atoms with E-state index in [4.69, 9.17) is 5.11 Å². The maximum absolute atomic E-state index is 12.8. The van der Waals surface area contributed by atoms with Crippen LogP contribution in [0.4, 0.5) is 5.69 Å². The van der Waals surface area contributed by atoms with Crippen LogP contribution >= 0.6 is 0 Å². The van der Waals surface area contributed by atoms with E-state index in [0.29, 0.717) is 27.8 Å². The number of carboxylic acids is 1. The molecule has 0 amide bonds.